The second-order valence-electron chi connectivity index (χ2n) is 4.63. The maximum absolute atomic E-state index is 13.6. The average Bonchev–Trinajstić information content (AvgIpc) is 2.84. The van der Waals surface area contributed by atoms with E-state index in [1.165, 1.54) is 6.07 Å². The zero-order chi connectivity index (χ0) is 12.7. The number of anilines is 1. The molecule has 0 atom stereocenters. The highest BCUT2D eigenvalue weighted by Gasteiger charge is 2.18. The highest BCUT2D eigenvalue weighted by molar-refractivity contribution is 6.28. The van der Waals surface area contributed by atoms with E-state index in [1.54, 1.807) is 13.0 Å². The molecular weight excluding hydrogens is 253 g/mol. The molecule has 0 unspecified atom stereocenters. The minimum absolute atomic E-state index is 0.174. The van der Waals surface area contributed by atoms with Gasteiger partial charge >= 0.3 is 0 Å². The first-order chi connectivity index (χ1) is 8.65. The summed E-state index contributed by atoms with van der Waals surface area (Å²) in [5.74, 6) is 0.565. The number of nitrogens with zero attached hydrogens (tertiary/aromatic N) is 3. The highest BCUT2D eigenvalue weighted by atomic mass is 35.5. The quantitative estimate of drug-likeness (QED) is 0.741. The van der Waals surface area contributed by atoms with Crippen molar-refractivity contribution in [1.29, 1.82) is 0 Å². The molecule has 0 N–H and O–H groups in total. The number of benzene rings is 1. The Morgan fingerprint density at radius 1 is 1.22 bits per heavy atom. The number of halogens is 2. The molecule has 18 heavy (non-hydrogen) atoms. The zero-order valence-electron chi connectivity index (χ0n) is 10.1. The van der Waals surface area contributed by atoms with Crippen molar-refractivity contribution in [2.45, 2.75) is 19.8 Å². The van der Waals surface area contributed by atoms with Crippen LogP contribution in [0.1, 0.15) is 18.4 Å². The molecule has 1 aromatic carbocycles. The van der Waals surface area contributed by atoms with Crippen molar-refractivity contribution in [3.8, 4) is 0 Å². The molecule has 1 aliphatic rings. The summed E-state index contributed by atoms with van der Waals surface area (Å²) in [7, 11) is 0. The standard InChI is InChI=1S/C13H13ClFN3/c1-8-6-9-11(7-10(8)15)16-13(14)17-12(9)18-4-2-3-5-18/h6-7H,2-5H2,1H3. The summed E-state index contributed by atoms with van der Waals surface area (Å²) in [5.41, 5.74) is 1.17. The third-order valence-corrected chi connectivity index (χ3v) is 3.50. The van der Waals surface area contributed by atoms with Crippen LogP contribution in [0.5, 0.6) is 0 Å². The summed E-state index contributed by atoms with van der Waals surface area (Å²) in [6.07, 6.45) is 2.31. The summed E-state index contributed by atoms with van der Waals surface area (Å²) in [4.78, 5) is 10.6. The third-order valence-electron chi connectivity index (χ3n) is 3.33. The molecule has 1 aromatic heterocycles. The molecule has 0 spiro atoms. The Bertz CT molecular complexity index is 609. The van der Waals surface area contributed by atoms with E-state index >= 15 is 0 Å². The lowest BCUT2D eigenvalue weighted by molar-refractivity contribution is 0.620. The van der Waals surface area contributed by atoms with Gasteiger partial charge in [-0.2, -0.15) is 4.98 Å². The van der Waals surface area contributed by atoms with Crippen molar-refractivity contribution in [3.63, 3.8) is 0 Å². The second-order valence-corrected chi connectivity index (χ2v) is 4.97. The van der Waals surface area contributed by atoms with Gasteiger partial charge in [0, 0.05) is 24.5 Å². The molecule has 0 amide bonds. The predicted octanol–water partition coefficient (Wildman–Crippen LogP) is 3.33. The van der Waals surface area contributed by atoms with E-state index in [1.807, 2.05) is 0 Å². The van der Waals surface area contributed by atoms with Crippen LogP contribution < -0.4 is 4.90 Å². The number of rotatable bonds is 1. The van der Waals surface area contributed by atoms with Crippen molar-refractivity contribution in [3.05, 3.63) is 28.8 Å². The van der Waals surface area contributed by atoms with Gasteiger partial charge in [-0.05, 0) is 43.0 Å². The van der Waals surface area contributed by atoms with E-state index in [-0.39, 0.29) is 11.1 Å². The van der Waals surface area contributed by atoms with Crippen LogP contribution in [-0.4, -0.2) is 23.1 Å². The Hall–Kier alpha value is -1.42. The second kappa shape index (κ2) is 4.35. The van der Waals surface area contributed by atoms with E-state index in [0.717, 1.165) is 37.1 Å². The van der Waals surface area contributed by atoms with Gasteiger partial charge in [0.1, 0.15) is 11.6 Å². The largest absolute Gasteiger partial charge is 0.356 e. The summed E-state index contributed by atoms with van der Waals surface area (Å²) < 4.78 is 13.6. The van der Waals surface area contributed by atoms with Crippen LogP contribution in [0.3, 0.4) is 0 Å². The molecule has 5 heteroatoms. The molecule has 0 aliphatic carbocycles. The predicted molar refractivity (Wildman–Crippen MR) is 70.7 cm³/mol. The summed E-state index contributed by atoms with van der Waals surface area (Å²) >= 11 is 5.92. The third kappa shape index (κ3) is 1.90. The normalized spacial score (nSPS) is 15.6. The Morgan fingerprint density at radius 3 is 2.67 bits per heavy atom. The molecule has 1 saturated heterocycles. The lowest BCUT2D eigenvalue weighted by atomic mass is 10.1. The molecular formula is C13H13ClFN3. The number of fused-ring (bicyclic) bond motifs is 1. The fourth-order valence-electron chi connectivity index (χ4n) is 2.38. The maximum Gasteiger partial charge on any atom is 0.224 e. The van der Waals surface area contributed by atoms with Crippen molar-refractivity contribution in [2.75, 3.05) is 18.0 Å². The van der Waals surface area contributed by atoms with E-state index in [0.29, 0.717) is 11.1 Å². The molecule has 94 valence electrons. The summed E-state index contributed by atoms with van der Waals surface area (Å²) in [6.45, 7) is 3.69. The Balaban J connectivity index is 2.25. The maximum atomic E-state index is 13.6. The minimum atomic E-state index is -0.260. The van der Waals surface area contributed by atoms with Gasteiger partial charge in [-0.3, -0.25) is 0 Å². The van der Waals surface area contributed by atoms with Gasteiger partial charge in [-0.15, -0.1) is 0 Å². The first-order valence-corrected chi connectivity index (χ1v) is 6.41. The van der Waals surface area contributed by atoms with Gasteiger partial charge < -0.3 is 4.90 Å². The van der Waals surface area contributed by atoms with Gasteiger partial charge in [-0.1, -0.05) is 0 Å². The monoisotopic (exact) mass is 265 g/mol. The van der Waals surface area contributed by atoms with Gasteiger partial charge in [0.05, 0.1) is 5.52 Å². The summed E-state index contributed by atoms with van der Waals surface area (Å²) in [5, 5.41) is 1.05. The number of hydrogen-bond acceptors (Lipinski definition) is 3. The lowest BCUT2D eigenvalue weighted by Gasteiger charge is -2.18. The van der Waals surface area contributed by atoms with Crippen molar-refractivity contribution in [2.24, 2.45) is 0 Å². The molecule has 0 saturated carbocycles. The van der Waals surface area contributed by atoms with Crippen LogP contribution in [0.15, 0.2) is 12.1 Å². The number of aryl methyl sites for hydroxylation is 1. The topological polar surface area (TPSA) is 29.0 Å². The highest BCUT2D eigenvalue weighted by Crippen LogP contribution is 2.29. The molecule has 2 aromatic rings. The van der Waals surface area contributed by atoms with Crippen LogP contribution in [0.2, 0.25) is 5.28 Å². The SMILES string of the molecule is Cc1cc2c(N3CCCC3)nc(Cl)nc2cc1F. The smallest absolute Gasteiger partial charge is 0.224 e. The van der Waals surface area contributed by atoms with E-state index in [4.69, 9.17) is 11.6 Å². The van der Waals surface area contributed by atoms with Gasteiger partial charge in [0.2, 0.25) is 5.28 Å². The number of hydrogen-bond donors (Lipinski definition) is 0. The average molecular weight is 266 g/mol. The van der Waals surface area contributed by atoms with Gasteiger partial charge in [-0.25, -0.2) is 9.37 Å². The molecule has 1 fully saturated rings. The fraction of sp³-hybridized carbons (Fsp3) is 0.385. The Kier molecular flexibility index (Phi) is 2.82. The molecule has 2 heterocycles. The fourth-order valence-corrected chi connectivity index (χ4v) is 2.56. The molecule has 3 nitrogen and oxygen atoms in total. The van der Waals surface area contributed by atoms with Crippen molar-refractivity contribution >= 4 is 28.3 Å². The summed E-state index contributed by atoms with van der Waals surface area (Å²) in [6, 6.07) is 3.23. The van der Waals surface area contributed by atoms with E-state index in [2.05, 4.69) is 14.9 Å². The van der Waals surface area contributed by atoms with E-state index < -0.39 is 0 Å². The molecule has 0 bridgehead atoms. The first-order valence-electron chi connectivity index (χ1n) is 6.03. The van der Waals surface area contributed by atoms with Crippen LogP contribution in [0.4, 0.5) is 10.2 Å². The molecule has 3 rings (SSSR count). The van der Waals surface area contributed by atoms with Crippen molar-refractivity contribution < 1.29 is 4.39 Å². The zero-order valence-corrected chi connectivity index (χ0v) is 10.8. The minimum Gasteiger partial charge on any atom is -0.356 e. The van der Waals surface area contributed by atoms with E-state index in [9.17, 15) is 4.39 Å². The molecule has 0 radical (unpaired) electrons. The Morgan fingerprint density at radius 2 is 1.94 bits per heavy atom. The van der Waals surface area contributed by atoms with Crippen LogP contribution in [0.25, 0.3) is 10.9 Å². The van der Waals surface area contributed by atoms with Crippen LogP contribution in [0, 0.1) is 12.7 Å². The number of aromatic nitrogens is 2. The first kappa shape index (κ1) is 11.7. The van der Waals surface area contributed by atoms with Crippen LogP contribution >= 0.6 is 11.6 Å². The lowest BCUT2D eigenvalue weighted by Crippen LogP contribution is -2.19. The van der Waals surface area contributed by atoms with Gasteiger partial charge in [0.15, 0.2) is 0 Å². The van der Waals surface area contributed by atoms with Crippen molar-refractivity contribution in [1.82, 2.24) is 9.97 Å². The van der Waals surface area contributed by atoms with Gasteiger partial charge in [0.25, 0.3) is 0 Å². The Labute approximate surface area is 110 Å². The molecule has 1 aliphatic heterocycles. The van der Waals surface area contributed by atoms with Crippen LogP contribution in [-0.2, 0) is 0 Å².